The van der Waals surface area contributed by atoms with Crippen molar-refractivity contribution in [3.63, 3.8) is 0 Å². The fourth-order valence-electron chi connectivity index (χ4n) is 1.93. The van der Waals surface area contributed by atoms with E-state index in [0.29, 0.717) is 21.3 Å². The summed E-state index contributed by atoms with van der Waals surface area (Å²) in [5.74, 6) is -0.439. The van der Waals surface area contributed by atoms with Crippen LogP contribution in [0.5, 0.6) is 5.75 Å². The van der Waals surface area contributed by atoms with Crippen LogP contribution in [0.3, 0.4) is 0 Å². The van der Waals surface area contributed by atoms with Gasteiger partial charge in [0.05, 0.1) is 17.2 Å². The number of hydrogen-bond donors (Lipinski definition) is 2. The topological polar surface area (TPSA) is 67.4 Å². The minimum atomic E-state index is -0.465. The maximum absolute atomic E-state index is 12.4. The molecule has 0 unspecified atom stereocenters. The van der Waals surface area contributed by atoms with Crippen LogP contribution in [-0.4, -0.2) is 17.9 Å². The Labute approximate surface area is 157 Å². The molecule has 0 heterocycles. The molecule has 0 bridgehead atoms. The van der Waals surface area contributed by atoms with Crippen molar-refractivity contribution in [2.45, 2.75) is 20.0 Å². The zero-order valence-corrected chi connectivity index (χ0v) is 16.3. The van der Waals surface area contributed by atoms with E-state index in [0.717, 1.165) is 4.47 Å². The van der Waals surface area contributed by atoms with Crippen molar-refractivity contribution in [1.29, 1.82) is 0 Å². The molecule has 2 aromatic carbocycles. The third-order valence-electron chi connectivity index (χ3n) is 2.96. The number of carbonyl (C=O) groups excluding carboxylic acids is 2. The molecule has 0 aromatic heterocycles. The summed E-state index contributed by atoms with van der Waals surface area (Å²) in [5, 5.41) is 0. The van der Waals surface area contributed by atoms with Gasteiger partial charge in [0.2, 0.25) is 0 Å². The Kier molecular flexibility index (Phi) is 6.39. The van der Waals surface area contributed by atoms with Crippen molar-refractivity contribution >= 4 is 43.7 Å². The first-order valence-electron chi connectivity index (χ1n) is 7.20. The van der Waals surface area contributed by atoms with Crippen molar-refractivity contribution < 1.29 is 14.3 Å². The molecular weight excluding hydrogens is 440 g/mol. The van der Waals surface area contributed by atoms with Crippen LogP contribution in [0.25, 0.3) is 0 Å². The summed E-state index contributed by atoms with van der Waals surface area (Å²) in [7, 11) is 0. The quantitative estimate of drug-likeness (QED) is 0.682. The van der Waals surface area contributed by atoms with Crippen LogP contribution in [0.2, 0.25) is 0 Å². The molecule has 0 atom stereocenters. The zero-order valence-electron chi connectivity index (χ0n) is 13.1. The number of ether oxygens (including phenoxy) is 1. The third kappa shape index (κ3) is 4.82. The molecule has 2 amide bonds. The third-order valence-corrected chi connectivity index (χ3v) is 4.14. The number of hydrogen-bond acceptors (Lipinski definition) is 3. The summed E-state index contributed by atoms with van der Waals surface area (Å²) in [6.07, 6.45) is -0.0763. The van der Waals surface area contributed by atoms with E-state index in [2.05, 4.69) is 42.7 Å². The largest absolute Gasteiger partial charge is 0.490 e. The van der Waals surface area contributed by atoms with Gasteiger partial charge in [-0.3, -0.25) is 20.4 Å². The average Bonchev–Trinajstić information content (AvgIpc) is 2.54. The zero-order chi connectivity index (χ0) is 17.7. The number of hydrazine groups is 1. The maximum Gasteiger partial charge on any atom is 0.273 e. The lowest BCUT2D eigenvalue weighted by Gasteiger charge is -2.15. The molecule has 0 aliphatic carbocycles. The summed E-state index contributed by atoms with van der Waals surface area (Å²) in [6, 6.07) is 12.1. The Hall–Kier alpha value is -1.86. The Morgan fingerprint density at radius 1 is 0.958 bits per heavy atom. The highest BCUT2D eigenvalue weighted by molar-refractivity contribution is 9.10. The SMILES string of the molecule is CC(C)Oc1ccc(Br)cc1C(=O)NNC(=O)c1ccccc1Br. The highest BCUT2D eigenvalue weighted by atomic mass is 79.9. The normalized spacial score (nSPS) is 10.4. The molecule has 0 aliphatic heterocycles. The van der Waals surface area contributed by atoms with Gasteiger partial charge in [-0.25, -0.2) is 0 Å². The van der Waals surface area contributed by atoms with Crippen molar-refractivity contribution in [2.75, 3.05) is 0 Å². The lowest BCUT2D eigenvalue weighted by Crippen LogP contribution is -2.42. The summed E-state index contributed by atoms with van der Waals surface area (Å²) in [6.45, 7) is 3.75. The molecule has 2 rings (SSSR count). The number of amides is 2. The van der Waals surface area contributed by atoms with Crippen LogP contribution in [0.4, 0.5) is 0 Å². The first kappa shape index (κ1) is 18.5. The molecule has 0 aliphatic rings. The van der Waals surface area contributed by atoms with Crippen molar-refractivity contribution in [3.8, 4) is 5.75 Å². The van der Waals surface area contributed by atoms with E-state index in [1.165, 1.54) is 0 Å². The van der Waals surface area contributed by atoms with E-state index < -0.39 is 11.8 Å². The van der Waals surface area contributed by atoms with Crippen LogP contribution in [-0.2, 0) is 0 Å². The predicted molar refractivity (Wildman–Crippen MR) is 99.0 cm³/mol. The lowest BCUT2D eigenvalue weighted by molar-refractivity contribution is 0.0842. The molecule has 24 heavy (non-hydrogen) atoms. The molecule has 0 radical (unpaired) electrons. The van der Waals surface area contributed by atoms with E-state index in [1.54, 1.807) is 42.5 Å². The second kappa shape index (κ2) is 8.30. The fourth-order valence-corrected chi connectivity index (χ4v) is 2.76. The van der Waals surface area contributed by atoms with Crippen LogP contribution in [0, 0.1) is 0 Å². The molecule has 0 fully saturated rings. The molecular formula is C17H16Br2N2O3. The standard InChI is InChI=1S/C17H16Br2N2O3/c1-10(2)24-15-8-7-11(18)9-13(15)17(23)21-20-16(22)12-5-3-4-6-14(12)19/h3-10H,1-2H3,(H,20,22)(H,21,23). The van der Waals surface area contributed by atoms with E-state index in [1.807, 2.05) is 13.8 Å². The van der Waals surface area contributed by atoms with Gasteiger partial charge in [0, 0.05) is 8.95 Å². The monoisotopic (exact) mass is 454 g/mol. The molecule has 0 spiro atoms. The average molecular weight is 456 g/mol. The van der Waals surface area contributed by atoms with Gasteiger partial charge in [-0.05, 0) is 60.1 Å². The smallest absolute Gasteiger partial charge is 0.273 e. The van der Waals surface area contributed by atoms with E-state index in [4.69, 9.17) is 4.74 Å². The summed E-state index contributed by atoms with van der Waals surface area (Å²) in [5.41, 5.74) is 5.55. The number of nitrogens with one attached hydrogen (secondary N) is 2. The van der Waals surface area contributed by atoms with E-state index in [-0.39, 0.29) is 6.10 Å². The number of benzene rings is 2. The van der Waals surface area contributed by atoms with Gasteiger partial charge in [-0.15, -0.1) is 0 Å². The van der Waals surface area contributed by atoms with Gasteiger partial charge in [0.15, 0.2) is 0 Å². The molecule has 7 heteroatoms. The molecule has 0 saturated carbocycles. The number of halogens is 2. The summed E-state index contributed by atoms with van der Waals surface area (Å²) < 4.78 is 7.01. The second-order valence-electron chi connectivity index (χ2n) is 5.20. The fraction of sp³-hybridized carbons (Fsp3) is 0.176. The molecule has 0 saturated heterocycles. The van der Waals surface area contributed by atoms with Crippen LogP contribution in [0.15, 0.2) is 51.4 Å². The van der Waals surface area contributed by atoms with Crippen molar-refractivity contribution in [3.05, 3.63) is 62.5 Å². The van der Waals surface area contributed by atoms with Gasteiger partial charge in [0.1, 0.15) is 5.75 Å². The van der Waals surface area contributed by atoms with Crippen LogP contribution >= 0.6 is 31.9 Å². The van der Waals surface area contributed by atoms with Gasteiger partial charge < -0.3 is 4.74 Å². The number of carbonyl (C=O) groups is 2. The van der Waals surface area contributed by atoms with Gasteiger partial charge >= 0.3 is 0 Å². The van der Waals surface area contributed by atoms with Gasteiger partial charge in [-0.1, -0.05) is 28.1 Å². The van der Waals surface area contributed by atoms with Crippen molar-refractivity contribution in [2.24, 2.45) is 0 Å². The molecule has 2 aromatic rings. The highest BCUT2D eigenvalue weighted by Gasteiger charge is 2.16. The Bertz CT molecular complexity index is 763. The maximum atomic E-state index is 12.4. The number of rotatable bonds is 4. The van der Waals surface area contributed by atoms with Crippen molar-refractivity contribution in [1.82, 2.24) is 10.9 Å². The van der Waals surface area contributed by atoms with Gasteiger partial charge in [0.25, 0.3) is 11.8 Å². The Morgan fingerprint density at radius 2 is 1.58 bits per heavy atom. The van der Waals surface area contributed by atoms with Gasteiger partial charge in [-0.2, -0.15) is 0 Å². The summed E-state index contributed by atoms with van der Waals surface area (Å²) >= 11 is 6.63. The molecule has 2 N–H and O–H groups in total. The second-order valence-corrected chi connectivity index (χ2v) is 6.97. The minimum absolute atomic E-state index is 0.0763. The van der Waals surface area contributed by atoms with E-state index in [9.17, 15) is 9.59 Å². The van der Waals surface area contributed by atoms with Crippen LogP contribution in [0.1, 0.15) is 34.6 Å². The molecule has 5 nitrogen and oxygen atoms in total. The first-order valence-corrected chi connectivity index (χ1v) is 8.78. The Morgan fingerprint density at radius 3 is 2.21 bits per heavy atom. The predicted octanol–water partition coefficient (Wildman–Crippen LogP) is 4.07. The summed E-state index contributed by atoms with van der Waals surface area (Å²) in [4.78, 5) is 24.5. The van der Waals surface area contributed by atoms with Crippen LogP contribution < -0.4 is 15.6 Å². The molecule has 126 valence electrons. The lowest BCUT2D eigenvalue weighted by atomic mass is 10.2. The minimum Gasteiger partial charge on any atom is -0.490 e. The highest BCUT2D eigenvalue weighted by Crippen LogP contribution is 2.24. The first-order chi connectivity index (χ1) is 11.4. The Balaban J connectivity index is 2.11. The van der Waals surface area contributed by atoms with E-state index >= 15 is 0 Å².